The molecule has 0 bridgehead atoms. The summed E-state index contributed by atoms with van der Waals surface area (Å²) in [5.74, 6) is 1.33. The summed E-state index contributed by atoms with van der Waals surface area (Å²) in [4.78, 5) is 12.3. The quantitative estimate of drug-likeness (QED) is 0.763. The van der Waals surface area contributed by atoms with Crippen molar-refractivity contribution in [1.82, 2.24) is 5.32 Å². The van der Waals surface area contributed by atoms with Gasteiger partial charge in [0.1, 0.15) is 0 Å². The highest BCUT2D eigenvalue weighted by molar-refractivity contribution is 9.10. The molecule has 3 rings (SSSR count). The van der Waals surface area contributed by atoms with E-state index in [2.05, 4.69) is 33.4 Å². The zero-order valence-electron chi connectivity index (χ0n) is 14.5. The molecule has 0 atom stereocenters. The Morgan fingerprint density at radius 3 is 2.52 bits per heavy atom. The number of hydrogen-bond acceptors (Lipinski definition) is 3. The Morgan fingerprint density at radius 1 is 1.12 bits per heavy atom. The Kier molecular flexibility index (Phi) is 5.33. The molecule has 0 unspecified atom stereocenters. The number of halogens is 1. The highest BCUT2D eigenvalue weighted by Gasteiger charge is 2.44. The van der Waals surface area contributed by atoms with Crippen LogP contribution in [0.2, 0.25) is 0 Å². The summed E-state index contributed by atoms with van der Waals surface area (Å²) in [6.45, 7) is 0.676. The molecule has 0 saturated heterocycles. The second kappa shape index (κ2) is 7.48. The fraction of sp³-hybridized carbons (Fsp3) is 0.350. The van der Waals surface area contributed by atoms with Crippen molar-refractivity contribution in [2.45, 2.75) is 24.7 Å². The SMILES string of the molecule is COc1ccc(CC(=O)NCC2(c3cccc(Br)c3)CC2)cc1OC. The van der Waals surface area contributed by atoms with Gasteiger partial charge in [-0.1, -0.05) is 34.1 Å². The van der Waals surface area contributed by atoms with Crippen molar-refractivity contribution in [2.24, 2.45) is 0 Å². The second-order valence-corrected chi connectivity index (χ2v) is 7.35. The van der Waals surface area contributed by atoms with E-state index in [0.717, 1.165) is 22.9 Å². The van der Waals surface area contributed by atoms with Gasteiger partial charge in [-0.25, -0.2) is 0 Å². The van der Waals surface area contributed by atoms with Crippen molar-refractivity contribution >= 4 is 21.8 Å². The first-order valence-electron chi connectivity index (χ1n) is 8.30. The van der Waals surface area contributed by atoms with Crippen LogP contribution in [0.1, 0.15) is 24.0 Å². The lowest BCUT2D eigenvalue weighted by molar-refractivity contribution is -0.120. The van der Waals surface area contributed by atoms with Crippen molar-refractivity contribution in [1.29, 1.82) is 0 Å². The molecule has 25 heavy (non-hydrogen) atoms. The first-order valence-corrected chi connectivity index (χ1v) is 9.09. The molecule has 0 radical (unpaired) electrons. The molecular weight excluding hydrogens is 382 g/mol. The van der Waals surface area contributed by atoms with Crippen LogP contribution in [0.3, 0.4) is 0 Å². The molecule has 1 amide bonds. The molecule has 2 aromatic carbocycles. The van der Waals surface area contributed by atoms with E-state index in [4.69, 9.17) is 9.47 Å². The number of rotatable bonds is 7. The molecule has 4 nitrogen and oxygen atoms in total. The molecule has 1 fully saturated rings. The van der Waals surface area contributed by atoms with Crippen molar-refractivity contribution in [2.75, 3.05) is 20.8 Å². The number of ether oxygens (including phenoxy) is 2. The van der Waals surface area contributed by atoms with Crippen LogP contribution in [0.25, 0.3) is 0 Å². The zero-order valence-corrected chi connectivity index (χ0v) is 16.1. The first-order chi connectivity index (χ1) is 12.1. The molecule has 2 aromatic rings. The Hall–Kier alpha value is -2.01. The van der Waals surface area contributed by atoms with Crippen LogP contribution in [0, 0.1) is 0 Å². The van der Waals surface area contributed by atoms with Gasteiger partial charge in [-0.2, -0.15) is 0 Å². The lowest BCUT2D eigenvalue weighted by atomic mass is 9.96. The van der Waals surface area contributed by atoms with Crippen LogP contribution in [0.5, 0.6) is 11.5 Å². The van der Waals surface area contributed by atoms with Gasteiger partial charge in [0.2, 0.25) is 5.91 Å². The van der Waals surface area contributed by atoms with E-state index < -0.39 is 0 Å². The number of benzene rings is 2. The normalized spacial score (nSPS) is 14.7. The van der Waals surface area contributed by atoms with Crippen LogP contribution < -0.4 is 14.8 Å². The predicted octanol–water partition coefficient (Wildman–Crippen LogP) is 3.86. The summed E-state index contributed by atoms with van der Waals surface area (Å²) < 4.78 is 11.6. The van der Waals surface area contributed by atoms with Gasteiger partial charge in [0.05, 0.1) is 20.6 Å². The predicted molar refractivity (Wildman–Crippen MR) is 101 cm³/mol. The fourth-order valence-corrected chi connectivity index (χ4v) is 3.44. The molecule has 1 N–H and O–H groups in total. The molecule has 0 spiro atoms. The summed E-state index contributed by atoms with van der Waals surface area (Å²) in [7, 11) is 3.19. The molecule has 1 aliphatic carbocycles. The Morgan fingerprint density at radius 2 is 1.88 bits per heavy atom. The summed E-state index contributed by atoms with van der Waals surface area (Å²) in [6, 6.07) is 13.9. The minimum Gasteiger partial charge on any atom is -0.493 e. The molecule has 0 aromatic heterocycles. The van der Waals surface area contributed by atoms with Gasteiger partial charge in [0.25, 0.3) is 0 Å². The Labute approximate surface area is 156 Å². The highest BCUT2D eigenvalue weighted by atomic mass is 79.9. The minimum atomic E-state index is 0.0218. The van der Waals surface area contributed by atoms with E-state index in [9.17, 15) is 4.79 Å². The van der Waals surface area contributed by atoms with Crippen LogP contribution in [0.15, 0.2) is 46.9 Å². The lowest BCUT2D eigenvalue weighted by Gasteiger charge is -2.17. The molecule has 5 heteroatoms. The largest absolute Gasteiger partial charge is 0.493 e. The minimum absolute atomic E-state index is 0.0218. The maximum absolute atomic E-state index is 12.3. The zero-order chi connectivity index (χ0) is 17.9. The number of amides is 1. The van der Waals surface area contributed by atoms with Gasteiger partial charge >= 0.3 is 0 Å². The molecule has 0 aliphatic heterocycles. The molecule has 0 heterocycles. The number of carbonyl (C=O) groups excluding carboxylic acids is 1. The average Bonchev–Trinajstić information content (AvgIpc) is 3.41. The number of nitrogens with one attached hydrogen (secondary N) is 1. The van der Waals surface area contributed by atoms with Gasteiger partial charge < -0.3 is 14.8 Å². The lowest BCUT2D eigenvalue weighted by Crippen LogP contribution is -2.33. The third-order valence-electron chi connectivity index (χ3n) is 4.73. The maximum atomic E-state index is 12.3. The first kappa shape index (κ1) is 17.8. The van der Waals surface area contributed by atoms with E-state index in [1.165, 1.54) is 5.56 Å². The van der Waals surface area contributed by atoms with Crippen molar-refractivity contribution in [3.05, 3.63) is 58.1 Å². The standard InChI is InChI=1S/C20H22BrNO3/c1-24-17-7-6-14(10-18(17)25-2)11-19(23)22-13-20(8-9-20)15-4-3-5-16(21)12-15/h3-7,10,12H,8-9,11,13H2,1-2H3,(H,22,23). The topological polar surface area (TPSA) is 47.6 Å². The van der Waals surface area contributed by atoms with E-state index in [1.54, 1.807) is 14.2 Å². The highest BCUT2D eigenvalue weighted by Crippen LogP contribution is 2.48. The van der Waals surface area contributed by atoms with Gasteiger partial charge in [0.15, 0.2) is 11.5 Å². The van der Waals surface area contributed by atoms with E-state index in [0.29, 0.717) is 24.5 Å². The number of carbonyl (C=O) groups is 1. The van der Waals surface area contributed by atoms with E-state index in [1.807, 2.05) is 30.3 Å². The van der Waals surface area contributed by atoms with Gasteiger partial charge in [0, 0.05) is 16.4 Å². The van der Waals surface area contributed by atoms with Crippen LogP contribution in [-0.2, 0) is 16.6 Å². The summed E-state index contributed by atoms with van der Waals surface area (Å²) >= 11 is 3.52. The summed E-state index contributed by atoms with van der Waals surface area (Å²) in [5.41, 5.74) is 2.28. The monoisotopic (exact) mass is 403 g/mol. The molecule has 1 saturated carbocycles. The van der Waals surface area contributed by atoms with Crippen LogP contribution in [0.4, 0.5) is 0 Å². The average molecular weight is 404 g/mol. The Bertz CT molecular complexity index is 771. The van der Waals surface area contributed by atoms with Crippen molar-refractivity contribution in [3.63, 3.8) is 0 Å². The maximum Gasteiger partial charge on any atom is 0.224 e. The van der Waals surface area contributed by atoms with Gasteiger partial charge in [-0.15, -0.1) is 0 Å². The molecule has 1 aliphatic rings. The van der Waals surface area contributed by atoms with Crippen LogP contribution >= 0.6 is 15.9 Å². The van der Waals surface area contributed by atoms with Crippen molar-refractivity contribution in [3.8, 4) is 11.5 Å². The third-order valence-corrected chi connectivity index (χ3v) is 5.22. The summed E-state index contributed by atoms with van der Waals surface area (Å²) in [5, 5.41) is 3.09. The Balaban J connectivity index is 1.60. The number of hydrogen-bond donors (Lipinski definition) is 1. The van der Waals surface area contributed by atoms with Crippen molar-refractivity contribution < 1.29 is 14.3 Å². The molecular formula is C20H22BrNO3. The smallest absolute Gasteiger partial charge is 0.224 e. The van der Waals surface area contributed by atoms with E-state index in [-0.39, 0.29) is 11.3 Å². The fourth-order valence-electron chi connectivity index (χ4n) is 3.04. The third kappa shape index (κ3) is 4.15. The number of methoxy groups -OCH3 is 2. The van der Waals surface area contributed by atoms with Gasteiger partial charge in [-0.05, 0) is 48.2 Å². The van der Waals surface area contributed by atoms with E-state index >= 15 is 0 Å². The molecule has 132 valence electrons. The van der Waals surface area contributed by atoms with Crippen LogP contribution in [-0.4, -0.2) is 26.7 Å². The second-order valence-electron chi connectivity index (χ2n) is 6.43. The van der Waals surface area contributed by atoms with Gasteiger partial charge in [-0.3, -0.25) is 4.79 Å². The summed E-state index contributed by atoms with van der Waals surface area (Å²) in [6.07, 6.45) is 2.55.